The predicted octanol–water partition coefficient (Wildman–Crippen LogP) is 1.31. The van der Waals surface area contributed by atoms with Crippen LogP contribution in [0.3, 0.4) is 0 Å². The Bertz CT molecular complexity index is 72.5. The van der Waals surface area contributed by atoms with Crippen molar-refractivity contribution in [1.82, 2.24) is 0 Å². The molecular formula is C6H10O2. The SMILES string of the molecule is CO/C=C\C=C/OC. The topological polar surface area (TPSA) is 18.5 Å². The summed E-state index contributed by atoms with van der Waals surface area (Å²) < 4.78 is 9.20. The van der Waals surface area contributed by atoms with Crippen molar-refractivity contribution in [3.63, 3.8) is 0 Å². The molecule has 0 atom stereocenters. The van der Waals surface area contributed by atoms with Crippen LogP contribution >= 0.6 is 0 Å². The van der Waals surface area contributed by atoms with Crippen LogP contribution in [0.5, 0.6) is 0 Å². The van der Waals surface area contributed by atoms with Gasteiger partial charge < -0.3 is 9.47 Å². The monoisotopic (exact) mass is 114 g/mol. The van der Waals surface area contributed by atoms with E-state index in [2.05, 4.69) is 9.47 Å². The maximum absolute atomic E-state index is 4.60. The van der Waals surface area contributed by atoms with Crippen molar-refractivity contribution >= 4 is 0 Å². The maximum Gasteiger partial charge on any atom is 0.0825 e. The number of ether oxygens (including phenoxy) is 2. The Balaban J connectivity index is 3.13. The molecule has 0 N–H and O–H groups in total. The molecule has 0 bridgehead atoms. The fourth-order valence-corrected chi connectivity index (χ4v) is 0.248. The molecule has 0 rings (SSSR count). The van der Waals surface area contributed by atoms with Gasteiger partial charge in [0.2, 0.25) is 0 Å². The van der Waals surface area contributed by atoms with Gasteiger partial charge in [-0.15, -0.1) is 0 Å². The van der Waals surface area contributed by atoms with E-state index in [1.807, 2.05) is 0 Å². The molecule has 0 saturated heterocycles. The highest BCUT2D eigenvalue weighted by atomic mass is 16.5. The second kappa shape index (κ2) is 6.08. The quantitative estimate of drug-likeness (QED) is 0.407. The normalized spacial score (nSPS) is 10.8. The summed E-state index contributed by atoms with van der Waals surface area (Å²) in [6, 6.07) is 0. The standard InChI is InChI=1S/C6H10O2/c1-7-5-3-4-6-8-2/h3-6H,1-2H3/b5-3-,6-4-. The second-order valence-corrected chi connectivity index (χ2v) is 1.13. The van der Waals surface area contributed by atoms with E-state index in [9.17, 15) is 0 Å². The Hall–Kier alpha value is -0.920. The fraction of sp³-hybridized carbons (Fsp3) is 0.333. The largest absolute Gasteiger partial charge is 0.504 e. The van der Waals surface area contributed by atoms with Crippen LogP contribution in [-0.4, -0.2) is 14.2 Å². The summed E-state index contributed by atoms with van der Waals surface area (Å²) in [6.07, 6.45) is 6.61. The molecule has 0 heterocycles. The van der Waals surface area contributed by atoms with E-state index in [0.717, 1.165) is 0 Å². The Kier molecular flexibility index (Phi) is 5.38. The van der Waals surface area contributed by atoms with E-state index < -0.39 is 0 Å². The highest BCUT2D eigenvalue weighted by Crippen LogP contribution is 1.76. The lowest BCUT2D eigenvalue weighted by Crippen LogP contribution is -1.63. The first-order valence-corrected chi connectivity index (χ1v) is 2.29. The van der Waals surface area contributed by atoms with Crippen LogP contribution < -0.4 is 0 Å². The van der Waals surface area contributed by atoms with Crippen LogP contribution in [-0.2, 0) is 9.47 Å². The van der Waals surface area contributed by atoms with E-state index in [1.54, 1.807) is 38.9 Å². The number of hydrogen-bond donors (Lipinski definition) is 0. The van der Waals surface area contributed by atoms with Gasteiger partial charge in [0.1, 0.15) is 0 Å². The van der Waals surface area contributed by atoms with E-state index in [-0.39, 0.29) is 0 Å². The highest BCUT2D eigenvalue weighted by Gasteiger charge is 1.60. The van der Waals surface area contributed by atoms with Crippen LogP contribution in [0.4, 0.5) is 0 Å². The minimum absolute atomic E-state index is 1.56. The van der Waals surface area contributed by atoms with E-state index in [0.29, 0.717) is 0 Å². The molecular weight excluding hydrogens is 104 g/mol. The first kappa shape index (κ1) is 7.08. The lowest BCUT2D eigenvalue weighted by Gasteiger charge is -1.82. The molecule has 2 nitrogen and oxygen atoms in total. The van der Waals surface area contributed by atoms with Crippen molar-refractivity contribution in [3.05, 3.63) is 24.7 Å². The molecule has 0 aromatic heterocycles. The average molecular weight is 114 g/mol. The van der Waals surface area contributed by atoms with Gasteiger partial charge in [-0.3, -0.25) is 0 Å². The molecule has 0 amide bonds. The van der Waals surface area contributed by atoms with Crippen molar-refractivity contribution < 1.29 is 9.47 Å². The Morgan fingerprint density at radius 3 is 1.50 bits per heavy atom. The maximum atomic E-state index is 4.60. The Labute approximate surface area is 49.4 Å². The zero-order chi connectivity index (χ0) is 6.24. The molecule has 0 aliphatic carbocycles. The average Bonchev–Trinajstić information content (AvgIpc) is 1.81. The van der Waals surface area contributed by atoms with Gasteiger partial charge in [-0.1, -0.05) is 0 Å². The third kappa shape index (κ3) is 5.08. The van der Waals surface area contributed by atoms with Crippen LogP contribution in [0.15, 0.2) is 24.7 Å². The molecule has 0 saturated carbocycles. The smallest absolute Gasteiger partial charge is 0.0825 e. The van der Waals surface area contributed by atoms with E-state index in [1.165, 1.54) is 0 Å². The minimum Gasteiger partial charge on any atom is -0.504 e. The van der Waals surface area contributed by atoms with Crippen LogP contribution in [0, 0.1) is 0 Å². The first-order valence-electron chi connectivity index (χ1n) is 2.29. The van der Waals surface area contributed by atoms with Crippen LogP contribution in [0.2, 0.25) is 0 Å². The van der Waals surface area contributed by atoms with E-state index in [4.69, 9.17) is 0 Å². The zero-order valence-electron chi connectivity index (χ0n) is 5.13. The van der Waals surface area contributed by atoms with Gasteiger partial charge in [0.25, 0.3) is 0 Å². The number of allylic oxidation sites excluding steroid dienone is 2. The van der Waals surface area contributed by atoms with Gasteiger partial charge >= 0.3 is 0 Å². The summed E-state index contributed by atoms with van der Waals surface area (Å²) in [5, 5.41) is 0. The number of methoxy groups -OCH3 is 2. The van der Waals surface area contributed by atoms with Gasteiger partial charge in [0, 0.05) is 0 Å². The van der Waals surface area contributed by atoms with Crippen LogP contribution in [0.25, 0.3) is 0 Å². The molecule has 8 heavy (non-hydrogen) atoms. The van der Waals surface area contributed by atoms with Crippen molar-refractivity contribution in [3.8, 4) is 0 Å². The summed E-state index contributed by atoms with van der Waals surface area (Å²) in [6.45, 7) is 0. The van der Waals surface area contributed by atoms with Crippen molar-refractivity contribution in [1.29, 1.82) is 0 Å². The van der Waals surface area contributed by atoms with E-state index >= 15 is 0 Å². The van der Waals surface area contributed by atoms with Gasteiger partial charge in [0.15, 0.2) is 0 Å². The fourth-order valence-electron chi connectivity index (χ4n) is 0.248. The third-order valence-electron chi connectivity index (χ3n) is 0.540. The molecule has 0 aromatic carbocycles. The summed E-state index contributed by atoms with van der Waals surface area (Å²) in [5.74, 6) is 0. The molecule has 0 aromatic rings. The summed E-state index contributed by atoms with van der Waals surface area (Å²) >= 11 is 0. The second-order valence-electron chi connectivity index (χ2n) is 1.13. The van der Waals surface area contributed by atoms with Crippen LogP contribution in [0.1, 0.15) is 0 Å². The summed E-state index contributed by atoms with van der Waals surface area (Å²) in [5.41, 5.74) is 0. The molecule has 46 valence electrons. The molecule has 0 unspecified atom stereocenters. The molecule has 0 spiro atoms. The first-order chi connectivity index (χ1) is 3.91. The van der Waals surface area contributed by atoms with Crippen molar-refractivity contribution in [2.24, 2.45) is 0 Å². The summed E-state index contributed by atoms with van der Waals surface area (Å²) in [7, 11) is 3.19. The lowest BCUT2D eigenvalue weighted by atomic mass is 10.6. The minimum atomic E-state index is 1.56. The van der Waals surface area contributed by atoms with Gasteiger partial charge in [-0.2, -0.15) is 0 Å². The van der Waals surface area contributed by atoms with Gasteiger partial charge in [0.05, 0.1) is 26.7 Å². The number of rotatable bonds is 3. The van der Waals surface area contributed by atoms with Gasteiger partial charge in [-0.05, 0) is 12.2 Å². The summed E-state index contributed by atoms with van der Waals surface area (Å²) in [4.78, 5) is 0. The zero-order valence-corrected chi connectivity index (χ0v) is 5.13. The third-order valence-corrected chi connectivity index (χ3v) is 0.540. The molecule has 0 fully saturated rings. The molecule has 0 aliphatic heterocycles. The Morgan fingerprint density at radius 2 is 1.25 bits per heavy atom. The van der Waals surface area contributed by atoms with Gasteiger partial charge in [-0.25, -0.2) is 0 Å². The highest BCUT2D eigenvalue weighted by molar-refractivity contribution is 4.95. The van der Waals surface area contributed by atoms with Crippen molar-refractivity contribution in [2.45, 2.75) is 0 Å². The molecule has 0 aliphatic rings. The molecule has 0 radical (unpaired) electrons. The lowest BCUT2D eigenvalue weighted by molar-refractivity contribution is 0.333. The molecule has 2 heteroatoms. The van der Waals surface area contributed by atoms with Crippen molar-refractivity contribution in [2.75, 3.05) is 14.2 Å². The Morgan fingerprint density at radius 1 is 0.875 bits per heavy atom. The predicted molar refractivity (Wildman–Crippen MR) is 32.3 cm³/mol. The number of hydrogen-bond acceptors (Lipinski definition) is 2.